The number of hydrogen-bond donors (Lipinski definition) is 3. The van der Waals surface area contributed by atoms with E-state index in [4.69, 9.17) is 15.0 Å². The number of rotatable bonds is 8. The fourth-order valence-electron chi connectivity index (χ4n) is 2.40. The number of benzene rings is 1. The third kappa shape index (κ3) is 4.95. The molecule has 0 spiro atoms. The van der Waals surface area contributed by atoms with Crippen molar-refractivity contribution in [1.29, 1.82) is 0 Å². The van der Waals surface area contributed by atoms with Crippen LogP contribution in [0.15, 0.2) is 34.9 Å². The molecule has 1 aromatic carbocycles. The van der Waals surface area contributed by atoms with Gasteiger partial charge in [0.25, 0.3) is 5.91 Å². The molecule has 29 heavy (non-hydrogen) atoms. The lowest BCUT2D eigenvalue weighted by molar-refractivity contribution is 0.0894. The van der Waals surface area contributed by atoms with Gasteiger partial charge in [0.05, 0.1) is 6.61 Å². The van der Waals surface area contributed by atoms with Crippen LogP contribution in [0.3, 0.4) is 0 Å². The largest absolute Gasteiger partial charge is 0.383 e. The van der Waals surface area contributed by atoms with Gasteiger partial charge in [-0.05, 0) is 31.2 Å². The fourth-order valence-corrected chi connectivity index (χ4v) is 3.25. The molecule has 11 heteroatoms. The second-order valence-corrected chi connectivity index (χ2v) is 7.10. The first kappa shape index (κ1) is 20.4. The lowest BCUT2D eigenvalue weighted by Crippen LogP contribution is -2.35. The normalized spacial score (nSPS) is 11.8. The smallest absolute Gasteiger partial charge is 0.273 e. The summed E-state index contributed by atoms with van der Waals surface area (Å²) in [7, 11) is 1.52. The first-order valence-electron chi connectivity index (χ1n) is 8.47. The Morgan fingerprint density at radius 1 is 1.34 bits per heavy atom. The highest BCUT2D eigenvalue weighted by atomic mass is 32.1. The number of amides is 1. The molecule has 3 rings (SSSR count). The van der Waals surface area contributed by atoms with Crippen molar-refractivity contribution in [2.75, 3.05) is 24.8 Å². The summed E-state index contributed by atoms with van der Waals surface area (Å²) in [5, 5.41) is 9.59. The van der Waals surface area contributed by atoms with Crippen LogP contribution >= 0.6 is 11.3 Å². The van der Waals surface area contributed by atoms with Crippen LogP contribution < -0.4 is 16.4 Å². The van der Waals surface area contributed by atoms with Gasteiger partial charge in [0.15, 0.2) is 10.8 Å². The second kappa shape index (κ2) is 8.80. The van der Waals surface area contributed by atoms with Gasteiger partial charge in [-0.25, -0.2) is 9.37 Å². The molecule has 0 aliphatic heterocycles. The molecule has 9 nitrogen and oxygen atoms in total. The van der Waals surface area contributed by atoms with E-state index in [1.54, 1.807) is 6.92 Å². The molecule has 1 unspecified atom stereocenters. The molecule has 4 N–H and O–H groups in total. The number of ketones is 1. The van der Waals surface area contributed by atoms with Crippen LogP contribution in [0.25, 0.3) is 0 Å². The summed E-state index contributed by atoms with van der Waals surface area (Å²) in [6.45, 7) is 2.10. The van der Waals surface area contributed by atoms with Crippen LogP contribution in [0.4, 0.5) is 21.0 Å². The van der Waals surface area contributed by atoms with Crippen LogP contribution in [0.5, 0.6) is 0 Å². The van der Waals surface area contributed by atoms with Crippen molar-refractivity contribution in [2.45, 2.75) is 13.0 Å². The molecule has 0 saturated carbocycles. The number of aromatic nitrogens is 2. The quantitative estimate of drug-likeness (QED) is 0.475. The zero-order valence-corrected chi connectivity index (χ0v) is 16.4. The number of nitrogens with one attached hydrogen (secondary N) is 2. The minimum absolute atomic E-state index is 0.000676. The van der Waals surface area contributed by atoms with Crippen molar-refractivity contribution < 1.29 is 23.2 Å². The molecule has 1 atom stereocenters. The van der Waals surface area contributed by atoms with E-state index < -0.39 is 11.7 Å². The van der Waals surface area contributed by atoms with Crippen molar-refractivity contribution in [3.8, 4) is 0 Å². The number of methoxy groups -OCH3 is 1. The minimum atomic E-state index is -0.552. The van der Waals surface area contributed by atoms with Crippen LogP contribution in [-0.2, 0) is 4.74 Å². The summed E-state index contributed by atoms with van der Waals surface area (Å²) in [5.41, 5.74) is 6.39. The fraction of sp³-hybridized carbons (Fsp3) is 0.222. The minimum Gasteiger partial charge on any atom is -0.383 e. The molecule has 0 radical (unpaired) electrons. The highest BCUT2D eigenvalue weighted by Crippen LogP contribution is 2.29. The van der Waals surface area contributed by atoms with E-state index in [1.165, 1.54) is 37.4 Å². The summed E-state index contributed by atoms with van der Waals surface area (Å²) in [6, 6.07) is 6.64. The Kier molecular flexibility index (Phi) is 6.20. The Labute approximate surface area is 169 Å². The van der Waals surface area contributed by atoms with E-state index in [0.717, 1.165) is 11.3 Å². The Morgan fingerprint density at radius 2 is 2.07 bits per heavy atom. The van der Waals surface area contributed by atoms with Gasteiger partial charge in [0.2, 0.25) is 11.5 Å². The number of nitrogen functional groups attached to an aromatic ring is 1. The zero-order chi connectivity index (χ0) is 21.0. The molecular formula is C18H18FN5O4S. The number of nitrogens with zero attached hydrogens (tertiary/aromatic N) is 2. The van der Waals surface area contributed by atoms with Crippen LogP contribution in [0, 0.1) is 5.82 Å². The molecule has 3 aromatic rings. The first-order valence-corrected chi connectivity index (χ1v) is 9.29. The van der Waals surface area contributed by atoms with Crippen LogP contribution in [0.2, 0.25) is 0 Å². The number of hydrogen-bond acceptors (Lipinski definition) is 9. The third-order valence-electron chi connectivity index (χ3n) is 3.72. The van der Waals surface area contributed by atoms with Gasteiger partial charge in [0.1, 0.15) is 16.5 Å². The first-order chi connectivity index (χ1) is 13.9. The van der Waals surface area contributed by atoms with Crippen molar-refractivity contribution in [1.82, 2.24) is 15.5 Å². The number of carbonyl (C=O) groups is 2. The van der Waals surface area contributed by atoms with Crippen molar-refractivity contribution in [3.05, 3.63) is 52.5 Å². The van der Waals surface area contributed by atoms with Gasteiger partial charge in [0, 0.05) is 24.9 Å². The molecule has 0 bridgehead atoms. The molecule has 0 aliphatic rings. The highest BCUT2D eigenvalue weighted by Gasteiger charge is 2.24. The maximum absolute atomic E-state index is 13.0. The van der Waals surface area contributed by atoms with Crippen LogP contribution in [0.1, 0.15) is 32.8 Å². The average molecular weight is 419 g/mol. The molecule has 1 amide bonds. The number of ether oxygens (including phenoxy) is 1. The second-order valence-electron chi connectivity index (χ2n) is 6.10. The Balaban J connectivity index is 1.72. The molecule has 2 heterocycles. The molecule has 0 saturated heterocycles. The number of nitrogens with two attached hydrogens (primary N) is 1. The number of anilines is 3. The maximum Gasteiger partial charge on any atom is 0.273 e. The Hall–Kier alpha value is -3.31. The van der Waals surface area contributed by atoms with E-state index in [9.17, 15) is 14.0 Å². The Bertz CT molecular complexity index is 1020. The average Bonchev–Trinajstić information content (AvgIpc) is 3.30. The zero-order valence-electron chi connectivity index (χ0n) is 15.6. The topological polar surface area (TPSA) is 132 Å². The lowest BCUT2D eigenvalue weighted by Gasteiger charge is -2.10. The van der Waals surface area contributed by atoms with Gasteiger partial charge >= 0.3 is 0 Å². The summed E-state index contributed by atoms with van der Waals surface area (Å²) in [5.74, 6) is -1.55. The third-order valence-corrected chi connectivity index (χ3v) is 4.70. The summed E-state index contributed by atoms with van der Waals surface area (Å²) in [6.07, 6.45) is 0. The predicted molar refractivity (Wildman–Crippen MR) is 105 cm³/mol. The van der Waals surface area contributed by atoms with Gasteiger partial charge in [-0.1, -0.05) is 16.5 Å². The van der Waals surface area contributed by atoms with Crippen molar-refractivity contribution in [2.24, 2.45) is 0 Å². The van der Waals surface area contributed by atoms with Gasteiger partial charge in [-0.3, -0.25) is 9.59 Å². The summed E-state index contributed by atoms with van der Waals surface area (Å²) < 4.78 is 23.0. The van der Waals surface area contributed by atoms with Crippen molar-refractivity contribution in [3.63, 3.8) is 0 Å². The van der Waals surface area contributed by atoms with Crippen LogP contribution in [-0.4, -0.2) is 41.6 Å². The van der Waals surface area contributed by atoms with E-state index in [1.807, 2.05) is 0 Å². The summed E-state index contributed by atoms with van der Waals surface area (Å²) in [4.78, 5) is 29.0. The molecule has 2 aromatic heterocycles. The van der Waals surface area contributed by atoms with E-state index in [2.05, 4.69) is 20.8 Å². The number of carbonyl (C=O) groups excluding carboxylic acids is 2. The van der Waals surface area contributed by atoms with Gasteiger partial charge in [-0.2, -0.15) is 0 Å². The Morgan fingerprint density at radius 3 is 2.76 bits per heavy atom. The molecule has 0 aliphatic carbocycles. The lowest BCUT2D eigenvalue weighted by atomic mass is 10.2. The van der Waals surface area contributed by atoms with Gasteiger partial charge in [-0.15, -0.1) is 0 Å². The number of thiazole rings is 1. The van der Waals surface area contributed by atoms with Crippen molar-refractivity contribution >= 4 is 39.7 Å². The predicted octanol–water partition coefficient (Wildman–Crippen LogP) is 2.59. The van der Waals surface area contributed by atoms with E-state index in [0.29, 0.717) is 17.4 Å². The molecular weight excluding hydrogens is 401 g/mol. The number of halogens is 1. The summed E-state index contributed by atoms with van der Waals surface area (Å²) >= 11 is 1.00. The van der Waals surface area contributed by atoms with Gasteiger partial charge < -0.3 is 25.6 Å². The maximum atomic E-state index is 13.0. The van der Waals surface area contributed by atoms with E-state index >= 15 is 0 Å². The molecule has 0 fully saturated rings. The molecule has 152 valence electrons. The standard InChI is InChI=1S/C18H18FN5O4S/c1-9(8-27-2)21-17(26)12-7-13(28-24-12)14(25)15-16(20)23-18(29-15)22-11-5-3-10(19)4-6-11/h3-7,9H,8,20H2,1-2H3,(H,21,26)(H,22,23). The highest BCUT2D eigenvalue weighted by molar-refractivity contribution is 7.18. The monoisotopic (exact) mass is 419 g/mol. The SMILES string of the molecule is COCC(C)NC(=O)c1cc(C(=O)c2sc(Nc3ccc(F)cc3)nc2N)on1. The van der Waals surface area contributed by atoms with E-state index in [-0.39, 0.29) is 34.0 Å².